The molecule has 15 heteroatoms. The van der Waals surface area contributed by atoms with E-state index in [4.69, 9.17) is 24.2 Å². The molecule has 0 heterocycles. The molecule has 0 fully saturated rings. The van der Waals surface area contributed by atoms with Gasteiger partial charge in [-0.3, -0.25) is 16.0 Å². The molecular weight excluding hydrogens is 612 g/mol. The van der Waals surface area contributed by atoms with E-state index >= 15 is 0 Å². The molecule has 1 unspecified atom stereocenters. The second-order valence-corrected chi connectivity index (χ2v) is 10.0. The lowest BCUT2D eigenvalue weighted by molar-refractivity contribution is -0.0648. The van der Waals surface area contributed by atoms with E-state index in [0.29, 0.717) is 16.7 Å². The third-order valence-corrected chi connectivity index (χ3v) is 6.72. The molecule has 47 heavy (non-hydrogen) atoms. The van der Waals surface area contributed by atoms with Crippen LogP contribution in [0.4, 0.5) is 42.8 Å². The maximum Gasteiger partial charge on any atom is 0.412 e. The number of benzene rings is 3. The monoisotopic (exact) mass is 642 g/mol. The van der Waals surface area contributed by atoms with Crippen LogP contribution in [0.2, 0.25) is 0 Å². The highest BCUT2D eigenvalue weighted by molar-refractivity contribution is 5.87. The average Bonchev–Trinajstić information content (AvgIpc) is 3.04. The molecule has 0 aliphatic rings. The van der Waals surface area contributed by atoms with Crippen LogP contribution < -0.4 is 20.7 Å². The van der Waals surface area contributed by atoms with Gasteiger partial charge in [-0.2, -0.15) is 9.98 Å². The number of nitriles is 1. The summed E-state index contributed by atoms with van der Waals surface area (Å²) in [4.78, 5) is 67.2. The van der Waals surface area contributed by atoms with Crippen LogP contribution >= 0.6 is 0 Å². The summed E-state index contributed by atoms with van der Waals surface area (Å²) in [6, 6.07) is 13.8. The van der Waals surface area contributed by atoms with Crippen molar-refractivity contribution in [2.75, 3.05) is 29.2 Å². The molecule has 0 bridgehead atoms. The first-order valence-electron chi connectivity index (χ1n) is 13.9. The Bertz CT molecular complexity index is 1790. The molecule has 1 atom stereocenters. The van der Waals surface area contributed by atoms with Gasteiger partial charge in [-0.15, -0.1) is 5.26 Å². The summed E-state index contributed by atoms with van der Waals surface area (Å²) in [5.74, 6) is 0.226. The van der Waals surface area contributed by atoms with Crippen LogP contribution in [0.25, 0.3) is 0 Å². The third-order valence-electron chi connectivity index (χ3n) is 6.72. The minimum Gasteiger partial charge on any atom is -0.445 e. The smallest absolute Gasteiger partial charge is 0.412 e. The molecule has 0 aliphatic heterocycles. The van der Waals surface area contributed by atoms with E-state index in [2.05, 4.69) is 25.9 Å². The number of carbonyl (C=O) groups is 3. The van der Waals surface area contributed by atoms with Gasteiger partial charge in [0.1, 0.15) is 19.0 Å². The maximum atomic E-state index is 13.0. The van der Waals surface area contributed by atoms with Gasteiger partial charge < -0.3 is 18.9 Å². The summed E-state index contributed by atoms with van der Waals surface area (Å²) in [5, 5.41) is 16.3. The minimum atomic E-state index is -1.68. The largest absolute Gasteiger partial charge is 0.445 e. The molecule has 3 rings (SSSR count). The minimum absolute atomic E-state index is 0.0168. The Morgan fingerprint density at radius 1 is 0.723 bits per heavy atom. The molecule has 15 nitrogen and oxygen atoms in total. The van der Waals surface area contributed by atoms with Crippen molar-refractivity contribution >= 4 is 58.9 Å². The molecular formula is C32H30N6O9. The first-order valence-corrected chi connectivity index (χ1v) is 13.9. The Morgan fingerprint density at radius 2 is 1.17 bits per heavy atom. The van der Waals surface area contributed by atoms with Crippen LogP contribution in [0.15, 0.2) is 64.6 Å². The van der Waals surface area contributed by atoms with Crippen LogP contribution in [0.5, 0.6) is 5.75 Å². The van der Waals surface area contributed by atoms with Gasteiger partial charge in [-0.1, -0.05) is 25.1 Å². The lowest BCUT2D eigenvalue weighted by atomic mass is 10.0. The molecule has 3 amide bonds. The zero-order chi connectivity index (χ0) is 34.4. The maximum absolute atomic E-state index is 13.0. The normalized spacial score (nSPS) is 11.2. The van der Waals surface area contributed by atoms with Crippen LogP contribution in [0, 0.1) is 32.3 Å². The number of amides is 3. The van der Waals surface area contributed by atoms with Crippen LogP contribution in [0.3, 0.4) is 0 Å². The number of anilines is 3. The second kappa shape index (κ2) is 16.6. The fraction of sp³-hybridized carbons (Fsp3) is 0.250. The standard InChI is InChI=1S/C32H30N6O9/c1-5-32(47-31(43)38-24-10-7-21(3)27(13-24)35-19-40,15-44-29(41)36-23-9-6-20(2)26(12-23)34-18-39)16-45-30(42)37-25-11-8-22(4)28(14-25)46-17-33/h6-14H,5,15-16H2,1-4H3,(H,36,41)(H,37,42)(H,38,43). The number of nitrogens with zero attached hydrogens (tertiary/aromatic N) is 3. The zero-order valence-corrected chi connectivity index (χ0v) is 25.8. The van der Waals surface area contributed by atoms with Gasteiger partial charge in [-0.05, 0) is 74.2 Å². The van der Waals surface area contributed by atoms with Gasteiger partial charge in [0.05, 0.1) is 11.4 Å². The SMILES string of the molecule is CCC(COC(=O)Nc1ccc(C)c(N=C=O)c1)(COC(=O)Nc1ccc(C)c(OC#N)c1)OC(=O)Nc1ccc(C)c(N=C=O)c1. The first-order chi connectivity index (χ1) is 22.5. The molecule has 3 N–H and O–H groups in total. The van der Waals surface area contributed by atoms with Gasteiger partial charge in [0.15, 0.2) is 5.60 Å². The van der Waals surface area contributed by atoms with Gasteiger partial charge in [0.25, 0.3) is 6.26 Å². The first kappa shape index (κ1) is 35.0. The van der Waals surface area contributed by atoms with Crippen LogP contribution in [-0.2, 0) is 23.8 Å². The summed E-state index contributed by atoms with van der Waals surface area (Å²) < 4.78 is 21.3. The summed E-state index contributed by atoms with van der Waals surface area (Å²) >= 11 is 0. The Kier molecular flexibility index (Phi) is 12.3. The van der Waals surface area contributed by atoms with E-state index in [9.17, 15) is 24.0 Å². The van der Waals surface area contributed by atoms with Crippen molar-refractivity contribution < 1.29 is 42.9 Å². The molecule has 3 aromatic rings. The van der Waals surface area contributed by atoms with E-state index in [0.717, 1.165) is 0 Å². The zero-order valence-electron chi connectivity index (χ0n) is 25.8. The molecule has 0 aliphatic carbocycles. The van der Waals surface area contributed by atoms with Crippen molar-refractivity contribution in [3.05, 3.63) is 71.3 Å². The van der Waals surface area contributed by atoms with E-state index < -0.39 is 37.1 Å². The number of hydrogen-bond donors (Lipinski definition) is 3. The third kappa shape index (κ3) is 10.3. The van der Waals surface area contributed by atoms with Gasteiger partial charge in [0.2, 0.25) is 12.2 Å². The highest BCUT2D eigenvalue weighted by atomic mass is 16.6. The highest BCUT2D eigenvalue weighted by Gasteiger charge is 2.37. The molecule has 0 saturated heterocycles. The molecule has 3 aromatic carbocycles. The average molecular weight is 643 g/mol. The van der Waals surface area contributed by atoms with E-state index in [1.165, 1.54) is 30.4 Å². The van der Waals surface area contributed by atoms with Crippen molar-refractivity contribution in [1.82, 2.24) is 0 Å². The van der Waals surface area contributed by atoms with Crippen molar-refractivity contribution in [3.8, 4) is 12.0 Å². The van der Waals surface area contributed by atoms with Crippen molar-refractivity contribution in [2.45, 2.75) is 39.7 Å². The Balaban J connectivity index is 1.78. The van der Waals surface area contributed by atoms with Crippen LogP contribution in [0.1, 0.15) is 30.0 Å². The van der Waals surface area contributed by atoms with Gasteiger partial charge >= 0.3 is 18.3 Å². The number of carbonyl (C=O) groups excluding carboxylic acids is 5. The summed E-state index contributed by atoms with van der Waals surface area (Å²) in [6.45, 7) is 5.66. The molecule has 0 radical (unpaired) electrons. The van der Waals surface area contributed by atoms with Crippen molar-refractivity contribution in [3.63, 3.8) is 0 Å². The van der Waals surface area contributed by atoms with E-state index in [1.807, 2.05) is 0 Å². The molecule has 0 aromatic heterocycles. The predicted octanol–water partition coefficient (Wildman–Crippen LogP) is 6.60. The summed E-state index contributed by atoms with van der Waals surface area (Å²) in [5.41, 5.74) is 1.62. The van der Waals surface area contributed by atoms with Crippen molar-refractivity contribution in [1.29, 1.82) is 5.26 Å². The number of rotatable bonds is 12. The van der Waals surface area contributed by atoms with E-state index in [1.54, 1.807) is 70.3 Å². The number of hydrogen-bond acceptors (Lipinski definition) is 12. The van der Waals surface area contributed by atoms with E-state index in [-0.39, 0.29) is 40.6 Å². The Hall–Kier alpha value is -6.48. The van der Waals surface area contributed by atoms with Gasteiger partial charge in [-0.25, -0.2) is 24.0 Å². The Labute approximate surface area is 269 Å². The fourth-order valence-electron chi connectivity index (χ4n) is 3.97. The molecule has 242 valence electrons. The number of nitrogens with one attached hydrogen (secondary N) is 3. The second-order valence-electron chi connectivity index (χ2n) is 10.0. The lowest BCUT2D eigenvalue weighted by Gasteiger charge is -2.31. The fourth-order valence-corrected chi connectivity index (χ4v) is 3.97. The number of aryl methyl sites for hydroxylation is 3. The van der Waals surface area contributed by atoms with Crippen molar-refractivity contribution in [2.24, 2.45) is 9.98 Å². The summed E-state index contributed by atoms with van der Waals surface area (Å²) in [6.07, 6.45) is 1.60. The highest BCUT2D eigenvalue weighted by Crippen LogP contribution is 2.26. The summed E-state index contributed by atoms with van der Waals surface area (Å²) in [7, 11) is 0. The Morgan fingerprint density at radius 3 is 1.62 bits per heavy atom. The topological polar surface area (TPSA) is 207 Å². The lowest BCUT2D eigenvalue weighted by Crippen LogP contribution is -2.46. The quantitative estimate of drug-likeness (QED) is 0.0834. The number of isocyanates is 2. The number of ether oxygens (including phenoxy) is 4. The van der Waals surface area contributed by atoms with Gasteiger partial charge in [0, 0.05) is 23.1 Å². The molecule has 0 spiro atoms. The number of aliphatic imine (C=N–C) groups is 2. The van der Waals surface area contributed by atoms with Crippen LogP contribution in [-0.4, -0.2) is 49.3 Å². The molecule has 0 saturated carbocycles. The predicted molar refractivity (Wildman–Crippen MR) is 168 cm³/mol.